The van der Waals surface area contributed by atoms with E-state index in [1.165, 1.54) is 16.0 Å². The maximum absolute atomic E-state index is 13.3. The minimum absolute atomic E-state index is 0.0425. The highest BCUT2D eigenvalue weighted by Gasteiger charge is 2.41. The first-order valence-corrected chi connectivity index (χ1v) is 11.7. The summed E-state index contributed by atoms with van der Waals surface area (Å²) in [5.41, 5.74) is 4.64. The first-order valence-electron chi connectivity index (χ1n) is 11.7. The molecular weight excluding hydrogens is 402 g/mol. The molecule has 5 heteroatoms. The molecule has 3 atom stereocenters. The Labute approximate surface area is 190 Å². The highest BCUT2D eigenvalue weighted by Crippen LogP contribution is 2.44. The quantitative estimate of drug-likeness (QED) is 0.611. The van der Waals surface area contributed by atoms with Crippen LogP contribution < -0.4 is 0 Å². The molecule has 0 saturated heterocycles. The van der Waals surface area contributed by atoms with E-state index in [0.29, 0.717) is 5.92 Å². The van der Waals surface area contributed by atoms with Crippen LogP contribution in [0.4, 0.5) is 4.79 Å². The minimum atomic E-state index is -0.939. The van der Waals surface area contributed by atoms with Gasteiger partial charge in [-0.3, -0.25) is 4.90 Å². The third-order valence-corrected chi connectivity index (χ3v) is 7.08. The van der Waals surface area contributed by atoms with Crippen molar-refractivity contribution in [3.63, 3.8) is 0 Å². The number of carboxylic acids is 1. The van der Waals surface area contributed by atoms with E-state index in [4.69, 9.17) is 4.74 Å². The minimum Gasteiger partial charge on any atom is -0.480 e. The van der Waals surface area contributed by atoms with Crippen LogP contribution >= 0.6 is 0 Å². The Hall–Kier alpha value is -2.82. The summed E-state index contributed by atoms with van der Waals surface area (Å²) in [6.07, 6.45) is 3.26. The van der Waals surface area contributed by atoms with Crippen molar-refractivity contribution in [1.29, 1.82) is 0 Å². The number of carbonyl (C=O) groups is 2. The molecule has 5 nitrogen and oxygen atoms in total. The predicted molar refractivity (Wildman–Crippen MR) is 125 cm³/mol. The summed E-state index contributed by atoms with van der Waals surface area (Å²) in [7, 11) is 0. The average molecular weight is 436 g/mol. The molecule has 0 bridgehead atoms. The number of amides is 1. The third-order valence-electron chi connectivity index (χ3n) is 7.08. The zero-order chi connectivity index (χ0) is 22.8. The second-order valence-corrected chi connectivity index (χ2v) is 9.62. The van der Waals surface area contributed by atoms with Gasteiger partial charge in [0.1, 0.15) is 12.6 Å². The van der Waals surface area contributed by atoms with Gasteiger partial charge >= 0.3 is 12.1 Å². The lowest BCUT2D eigenvalue weighted by Gasteiger charge is -2.39. The Bertz CT molecular complexity index is 940. The first-order chi connectivity index (χ1) is 15.4. The molecule has 2 aliphatic carbocycles. The lowest BCUT2D eigenvalue weighted by molar-refractivity contribution is -0.146. The smallest absolute Gasteiger partial charge is 0.410 e. The fourth-order valence-electron chi connectivity index (χ4n) is 5.63. The van der Waals surface area contributed by atoms with E-state index in [1.54, 1.807) is 0 Å². The number of hydrogen-bond donors (Lipinski definition) is 1. The summed E-state index contributed by atoms with van der Waals surface area (Å²) in [6, 6.07) is 15.3. The van der Waals surface area contributed by atoms with Crippen LogP contribution in [-0.4, -0.2) is 40.8 Å². The van der Waals surface area contributed by atoms with Gasteiger partial charge in [-0.25, -0.2) is 9.59 Å². The summed E-state index contributed by atoms with van der Waals surface area (Å²) in [5.74, 6) is -0.545. The zero-order valence-electron chi connectivity index (χ0n) is 19.2. The van der Waals surface area contributed by atoms with Gasteiger partial charge in [0.15, 0.2) is 0 Å². The van der Waals surface area contributed by atoms with Gasteiger partial charge in [0, 0.05) is 12.0 Å². The molecule has 32 heavy (non-hydrogen) atoms. The van der Waals surface area contributed by atoms with Crippen LogP contribution in [0.2, 0.25) is 0 Å². The van der Waals surface area contributed by atoms with Gasteiger partial charge in [-0.15, -0.1) is 0 Å². The lowest BCUT2D eigenvalue weighted by Crippen LogP contribution is -2.53. The van der Waals surface area contributed by atoms with Crippen LogP contribution in [-0.2, 0) is 9.53 Å². The Balaban J connectivity index is 1.54. The van der Waals surface area contributed by atoms with E-state index in [9.17, 15) is 14.7 Å². The number of aliphatic carboxylic acids is 1. The molecule has 4 rings (SSSR count). The maximum Gasteiger partial charge on any atom is 0.410 e. The van der Waals surface area contributed by atoms with Crippen LogP contribution in [0.5, 0.6) is 0 Å². The summed E-state index contributed by atoms with van der Waals surface area (Å²) in [4.78, 5) is 27.0. The number of carbonyl (C=O) groups excluding carboxylic acids is 1. The van der Waals surface area contributed by atoms with Crippen molar-refractivity contribution < 1.29 is 19.4 Å². The van der Waals surface area contributed by atoms with Crippen molar-refractivity contribution in [2.24, 2.45) is 11.8 Å². The molecule has 0 radical (unpaired) electrons. The van der Waals surface area contributed by atoms with E-state index in [0.717, 1.165) is 36.8 Å². The van der Waals surface area contributed by atoms with Gasteiger partial charge in [-0.2, -0.15) is 0 Å². The number of benzene rings is 2. The molecule has 0 aliphatic heterocycles. The number of hydrogen-bond acceptors (Lipinski definition) is 3. The zero-order valence-corrected chi connectivity index (χ0v) is 19.2. The largest absolute Gasteiger partial charge is 0.480 e. The van der Waals surface area contributed by atoms with E-state index in [-0.39, 0.29) is 24.5 Å². The molecule has 2 aromatic carbocycles. The van der Waals surface area contributed by atoms with Crippen LogP contribution in [0.25, 0.3) is 11.1 Å². The topological polar surface area (TPSA) is 66.8 Å². The van der Waals surface area contributed by atoms with Gasteiger partial charge in [0.2, 0.25) is 0 Å². The van der Waals surface area contributed by atoms with Gasteiger partial charge < -0.3 is 9.84 Å². The Morgan fingerprint density at radius 3 is 2.16 bits per heavy atom. The molecule has 3 unspecified atom stereocenters. The molecule has 1 fully saturated rings. The SMILES string of the molecule is CC1CCCC(C(C(=O)O)N(C(=O)OCC2c3ccccc3-c3ccccc32)C(C)C)C1. The molecule has 170 valence electrons. The second kappa shape index (κ2) is 9.35. The molecule has 1 amide bonds. The Kier molecular flexibility index (Phi) is 6.54. The Morgan fingerprint density at radius 1 is 1.03 bits per heavy atom. The molecule has 0 heterocycles. The highest BCUT2D eigenvalue weighted by molar-refractivity contribution is 5.81. The third kappa shape index (κ3) is 4.25. The van der Waals surface area contributed by atoms with Crippen LogP contribution in [0, 0.1) is 11.8 Å². The van der Waals surface area contributed by atoms with Gasteiger partial charge in [-0.1, -0.05) is 68.3 Å². The monoisotopic (exact) mass is 435 g/mol. The number of rotatable bonds is 6. The first kappa shape index (κ1) is 22.4. The van der Waals surface area contributed by atoms with Crippen LogP contribution in [0.15, 0.2) is 48.5 Å². The van der Waals surface area contributed by atoms with Crippen molar-refractivity contribution >= 4 is 12.1 Å². The summed E-state index contributed by atoms with van der Waals surface area (Å²) in [6.45, 7) is 6.09. The van der Waals surface area contributed by atoms with Gasteiger partial charge in [-0.05, 0) is 60.8 Å². The summed E-state index contributed by atoms with van der Waals surface area (Å²) in [5, 5.41) is 10.1. The van der Waals surface area contributed by atoms with Crippen molar-refractivity contribution in [1.82, 2.24) is 4.90 Å². The molecule has 1 N–H and O–H groups in total. The van der Waals surface area contributed by atoms with Gasteiger partial charge in [0.25, 0.3) is 0 Å². The van der Waals surface area contributed by atoms with E-state index >= 15 is 0 Å². The highest BCUT2D eigenvalue weighted by atomic mass is 16.6. The lowest BCUT2D eigenvalue weighted by atomic mass is 9.78. The van der Waals surface area contributed by atoms with Crippen molar-refractivity contribution in [3.05, 3.63) is 59.7 Å². The van der Waals surface area contributed by atoms with Crippen molar-refractivity contribution in [2.75, 3.05) is 6.61 Å². The standard InChI is InChI=1S/C27H33NO4/c1-17(2)28(25(26(29)30)19-10-8-9-18(3)15-19)27(31)32-16-24-22-13-6-4-11-20(22)21-12-5-7-14-23(21)24/h4-7,11-14,17-19,24-25H,8-10,15-16H2,1-3H3,(H,29,30). The molecular formula is C27H33NO4. The molecule has 0 aromatic heterocycles. The van der Waals surface area contributed by atoms with E-state index in [2.05, 4.69) is 31.2 Å². The number of carboxylic acid groups (broad SMARTS) is 1. The summed E-state index contributed by atoms with van der Waals surface area (Å²) >= 11 is 0. The molecule has 0 spiro atoms. The fourth-order valence-corrected chi connectivity index (χ4v) is 5.63. The van der Waals surface area contributed by atoms with E-state index in [1.807, 2.05) is 38.1 Å². The second-order valence-electron chi connectivity index (χ2n) is 9.62. The van der Waals surface area contributed by atoms with Crippen molar-refractivity contribution in [2.45, 2.75) is 64.5 Å². The fraction of sp³-hybridized carbons (Fsp3) is 0.481. The number of nitrogens with zero attached hydrogens (tertiary/aromatic N) is 1. The average Bonchev–Trinajstić information content (AvgIpc) is 3.09. The maximum atomic E-state index is 13.3. The Morgan fingerprint density at radius 2 is 1.62 bits per heavy atom. The molecule has 2 aromatic rings. The molecule has 2 aliphatic rings. The van der Waals surface area contributed by atoms with E-state index < -0.39 is 18.1 Å². The van der Waals surface area contributed by atoms with Crippen molar-refractivity contribution in [3.8, 4) is 11.1 Å². The number of ether oxygens (including phenoxy) is 1. The van der Waals surface area contributed by atoms with Crippen LogP contribution in [0.1, 0.15) is 63.5 Å². The summed E-state index contributed by atoms with van der Waals surface area (Å²) < 4.78 is 5.84. The normalized spacial score (nSPS) is 21.0. The molecule has 1 saturated carbocycles. The van der Waals surface area contributed by atoms with Crippen LogP contribution in [0.3, 0.4) is 0 Å². The number of fused-ring (bicyclic) bond motifs is 3. The predicted octanol–water partition coefficient (Wildman–Crippen LogP) is 5.93. The van der Waals surface area contributed by atoms with Gasteiger partial charge in [0.05, 0.1) is 0 Å².